The lowest BCUT2D eigenvalue weighted by Crippen LogP contribution is -2.61. The molecule has 4 rings (SSSR count). The van der Waals surface area contributed by atoms with E-state index in [-0.39, 0.29) is 5.91 Å². The Kier molecular flexibility index (Phi) is 4.29. The van der Waals surface area contributed by atoms with E-state index in [1.807, 2.05) is 11.0 Å². The molecule has 3 fully saturated rings. The van der Waals surface area contributed by atoms with Crippen LogP contribution in [0.3, 0.4) is 0 Å². The van der Waals surface area contributed by atoms with E-state index in [4.69, 9.17) is 0 Å². The summed E-state index contributed by atoms with van der Waals surface area (Å²) in [5.74, 6) is 1.73. The van der Waals surface area contributed by atoms with E-state index in [0.29, 0.717) is 41.8 Å². The van der Waals surface area contributed by atoms with E-state index in [0.717, 1.165) is 51.0 Å². The Bertz CT molecular complexity index is 668. The first-order valence-electron chi connectivity index (χ1n) is 9.64. The third-order valence-electron chi connectivity index (χ3n) is 5.95. The van der Waals surface area contributed by atoms with Crippen LogP contribution in [0.4, 0.5) is 0 Å². The minimum atomic E-state index is 0.0385. The third kappa shape index (κ3) is 3.18. The Hall–Kier alpha value is -1.85. The van der Waals surface area contributed by atoms with Crippen LogP contribution in [0.25, 0.3) is 0 Å². The van der Waals surface area contributed by atoms with Crippen LogP contribution in [0.1, 0.15) is 55.7 Å². The van der Waals surface area contributed by atoms with Gasteiger partial charge in [0, 0.05) is 37.8 Å². The normalized spacial score (nSPS) is 29.1. The first-order chi connectivity index (χ1) is 12.0. The number of carbonyl (C=O) groups is 2. The van der Waals surface area contributed by atoms with E-state index < -0.39 is 0 Å². The summed E-state index contributed by atoms with van der Waals surface area (Å²) in [4.78, 5) is 29.2. The van der Waals surface area contributed by atoms with Crippen LogP contribution >= 0.6 is 0 Å². The van der Waals surface area contributed by atoms with Crippen LogP contribution in [0, 0.1) is 17.8 Å². The second-order valence-corrected chi connectivity index (χ2v) is 8.45. The lowest BCUT2D eigenvalue weighted by atomic mass is 9.76. The van der Waals surface area contributed by atoms with Crippen LogP contribution in [-0.2, 0) is 11.2 Å². The van der Waals surface area contributed by atoms with Gasteiger partial charge in [-0.25, -0.2) is 0 Å². The Morgan fingerprint density at radius 3 is 3.00 bits per heavy atom. The first kappa shape index (κ1) is 16.6. The number of rotatable bonds is 3. The number of hydrogen-bond donors (Lipinski definition) is 1. The van der Waals surface area contributed by atoms with E-state index in [2.05, 4.69) is 28.9 Å². The number of nitrogens with zero attached hydrogens (tertiary/aromatic N) is 3. The minimum absolute atomic E-state index is 0.0385. The van der Waals surface area contributed by atoms with Gasteiger partial charge in [0.2, 0.25) is 5.91 Å². The van der Waals surface area contributed by atoms with Crippen LogP contribution in [0.2, 0.25) is 0 Å². The summed E-state index contributed by atoms with van der Waals surface area (Å²) in [5, 5.41) is 7.26. The Morgan fingerprint density at radius 2 is 2.20 bits per heavy atom. The lowest BCUT2D eigenvalue weighted by molar-refractivity contribution is -0.144. The quantitative estimate of drug-likeness (QED) is 0.913. The Labute approximate surface area is 148 Å². The number of aromatic amines is 1. The zero-order valence-corrected chi connectivity index (χ0v) is 15.2. The number of nitrogens with one attached hydrogen (secondary N) is 1. The molecule has 136 valence electrons. The third-order valence-corrected chi connectivity index (χ3v) is 5.95. The number of amides is 2. The number of H-pyrrole nitrogens is 1. The predicted molar refractivity (Wildman–Crippen MR) is 94.0 cm³/mol. The van der Waals surface area contributed by atoms with Crippen molar-refractivity contribution in [1.82, 2.24) is 20.0 Å². The van der Waals surface area contributed by atoms with Crippen molar-refractivity contribution in [3.8, 4) is 0 Å². The summed E-state index contributed by atoms with van der Waals surface area (Å²) in [6, 6.07) is 2.24. The van der Waals surface area contributed by atoms with Crippen molar-refractivity contribution in [2.45, 2.75) is 52.0 Å². The number of hydrogen-bond acceptors (Lipinski definition) is 3. The van der Waals surface area contributed by atoms with Crippen LogP contribution in [-0.4, -0.2) is 57.5 Å². The van der Waals surface area contributed by atoms with Crippen molar-refractivity contribution in [3.63, 3.8) is 0 Å². The maximum atomic E-state index is 12.9. The van der Waals surface area contributed by atoms with Crippen molar-refractivity contribution >= 4 is 11.8 Å². The summed E-state index contributed by atoms with van der Waals surface area (Å²) in [5.41, 5.74) is 1.56. The van der Waals surface area contributed by atoms with Crippen molar-refractivity contribution in [1.29, 1.82) is 0 Å². The molecule has 0 spiro atoms. The zero-order chi connectivity index (χ0) is 17.6. The number of likely N-dealkylation sites (tertiary alicyclic amines) is 1. The highest BCUT2D eigenvalue weighted by Gasteiger charge is 2.45. The van der Waals surface area contributed by atoms with E-state index in [1.54, 1.807) is 0 Å². The molecular weight excluding hydrogens is 316 g/mol. The van der Waals surface area contributed by atoms with Crippen LogP contribution in [0.15, 0.2) is 6.07 Å². The van der Waals surface area contributed by atoms with Crippen LogP contribution < -0.4 is 0 Å². The summed E-state index contributed by atoms with van der Waals surface area (Å²) in [6.45, 7) is 6.65. The van der Waals surface area contributed by atoms with E-state index >= 15 is 0 Å². The van der Waals surface area contributed by atoms with Gasteiger partial charge in [0.15, 0.2) is 0 Å². The molecular formula is C19H28N4O2. The Morgan fingerprint density at radius 1 is 1.36 bits per heavy atom. The number of aromatic nitrogens is 2. The fourth-order valence-electron chi connectivity index (χ4n) is 4.95. The van der Waals surface area contributed by atoms with Gasteiger partial charge in [0.05, 0.1) is 0 Å². The van der Waals surface area contributed by atoms with Gasteiger partial charge in [0.1, 0.15) is 5.69 Å². The first-order valence-corrected chi connectivity index (χ1v) is 9.64. The van der Waals surface area contributed by atoms with Crippen molar-refractivity contribution in [3.05, 3.63) is 17.5 Å². The maximum Gasteiger partial charge on any atom is 0.274 e. The molecule has 1 N–H and O–H groups in total. The average Bonchev–Trinajstić information content (AvgIpc) is 3.03. The largest absolute Gasteiger partial charge is 0.339 e. The van der Waals surface area contributed by atoms with Gasteiger partial charge in [-0.2, -0.15) is 5.10 Å². The molecule has 0 unspecified atom stereocenters. The fourth-order valence-corrected chi connectivity index (χ4v) is 4.95. The molecule has 6 nitrogen and oxygen atoms in total. The van der Waals surface area contributed by atoms with E-state index in [9.17, 15) is 9.59 Å². The Balaban J connectivity index is 1.47. The molecule has 0 aliphatic carbocycles. The SMILES string of the molecule is CC(C)Cc1cc(C(=O)N2C[C@H]3C[C@@H](C2)[C@H]2CCCC(=O)N2C3)n[nH]1. The van der Waals surface area contributed by atoms with Gasteiger partial charge in [0.25, 0.3) is 5.91 Å². The topological polar surface area (TPSA) is 69.3 Å². The molecule has 3 aliphatic heterocycles. The van der Waals surface area contributed by atoms with Crippen molar-refractivity contribution < 1.29 is 9.59 Å². The molecule has 3 saturated heterocycles. The number of carbonyl (C=O) groups excluding carboxylic acids is 2. The molecule has 3 atom stereocenters. The number of fused-ring (bicyclic) bond motifs is 4. The molecule has 3 aliphatic rings. The summed E-state index contributed by atoms with van der Waals surface area (Å²) in [6.07, 6.45) is 4.84. The highest BCUT2D eigenvalue weighted by Crippen LogP contribution is 2.38. The monoisotopic (exact) mass is 344 g/mol. The zero-order valence-electron chi connectivity index (χ0n) is 15.2. The number of piperidine rings is 3. The standard InChI is InChI=1S/C19H28N4O2/c1-12(2)6-15-8-16(21-20-15)19(25)22-9-13-7-14(11-22)17-4-3-5-18(24)23(17)10-13/h8,12-14,17H,3-7,9-11H2,1-2H3,(H,20,21)/t13-,14+,17-/m1/s1. The molecule has 2 bridgehead atoms. The molecule has 1 aromatic rings. The second kappa shape index (κ2) is 6.46. The summed E-state index contributed by atoms with van der Waals surface area (Å²) in [7, 11) is 0. The van der Waals surface area contributed by atoms with Gasteiger partial charge >= 0.3 is 0 Å². The highest BCUT2D eigenvalue weighted by atomic mass is 16.2. The molecule has 25 heavy (non-hydrogen) atoms. The molecule has 2 amide bonds. The summed E-state index contributed by atoms with van der Waals surface area (Å²) >= 11 is 0. The van der Waals surface area contributed by atoms with Crippen LogP contribution in [0.5, 0.6) is 0 Å². The van der Waals surface area contributed by atoms with Gasteiger partial charge in [-0.3, -0.25) is 14.7 Å². The smallest absolute Gasteiger partial charge is 0.274 e. The molecule has 0 saturated carbocycles. The fraction of sp³-hybridized carbons (Fsp3) is 0.737. The molecule has 0 aromatic carbocycles. The minimum Gasteiger partial charge on any atom is -0.339 e. The molecule has 0 radical (unpaired) electrons. The second-order valence-electron chi connectivity index (χ2n) is 8.45. The van der Waals surface area contributed by atoms with Gasteiger partial charge < -0.3 is 9.80 Å². The van der Waals surface area contributed by atoms with Gasteiger partial charge in [-0.05, 0) is 49.5 Å². The van der Waals surface area contributed by atoms with E-state index in [1.165, 1.54) is 0 Å². The summed E-state index contributed by atoms with van der Waals surface area (Å²) < 4.78 is 0. The highest BCUT2D eigenvalue weighted by molar-refractivity contribution is 5.92. The van der Waals surface area contributed by atoms with Gasteiger partial charge in [-0.1, -0.05) is 13.8 Å². The average molecular weight is 344 g/mol. The van der Waals surface area contributed by atoms with Gasteiger partial charge in [-0.15, -0.1) is 0 Å². The molecule has 1 aromatic heterocycles. The molecule has 6 heteroatoms. The maximum absolute atomic E-state index is 12.9. The molecule has 4 heterocycles. The van der Waals surface area contributed by atoms with Crippen molar-refractivity contribution in [2.75, 3.05) is 19.6 Å². The predicted octanol–water partition coefficient (Wildman–Crippen LogP) is 2.08. The van der Waals surface area contributed by atoms with Crippen molar-refractivity contribution in [2.24, 2.45) is 17.8 Å². The lowest BCUT2D eigenvalue weighted by Gasteiger charge is -2.52.